The lowest BCUT2D eigenvalue weighted by atomic mass is 10.1. The highest BCUT2D eigenvalue weighted by Gasteiger charge is 2.44. The Bertz CT molecular complexity index is 1960. The van der Waals surface area contributed by atoms with Crippen molar-refractivity contribution >= 4 is 53.0 Å². The lowest BCUT2D eigenvalue weighted by molar-refractivity contribution is -0.385. The van der Waals surface area contributed by atoms with Gasteiger partial charge in [-0.2, -0.15) is 11.8 Å². The molecule has 2 aliphatic rings. The molecule has 0 saturated carbocycles. The summed E-state index contributed by atoms with van der Waals surface area (Å²) in [5.41, 5.74) is 12.9. The number of nitrogens with one attached hydrogen (secondary N) is 1. The monoisotopic (exact) mass is 806 g/mol. The molecule has 0 bridgehead atoms. The fourth-order valence-corrected chi connectivity index (χ4v) is 7.51. The van der Waals surface area contributed by atoms with E-state index in [1.807, 2.05) is 24.3 Å². The van der Waals surface area contributed by atoms with E-state index in [2.05, 4.69) is 10.3 Å². The van der Waals surface area contributed by atoms with Gasteiger partial charge in [-0.3, -0.25) is 34.7 Å². The number of aliphatic imine (C=N–C) groups is 1. The molecule has 57 heavy (non-hydrogen) atoms. The molecule has 0 spiro atoms. The van der Waals surface area contributed by atoms with E-state index in [1.165, 1.54) is 53.4 Å². The Morgan fingerprint density at radius 2 is 1.46 bits per heavy atom. The van der Waals surface area contributed by atoms with Crippen LogP contribution >= 0.6 is 11.8 Å². The Kier molecular flexibility index (Phi) is 14.2. The molecule has 2 aliphatic heterocycles. The third kappa shape index (κ3) is 11.8. The quantitative estimate of drug-likeness (QED) is 0.0618. The number of nitro benzene ring substituents is 2. The second-order valence-corrected chi connectivity index (χ2v) is 14.6. The van der Waals surface area contributed by atoms with Crippen molar-refractivity contribution in [3.8, 4) is 5.75 Å². The summed E-state index contributed by atoms with van der Waals surface area (Å²) in [6.45, 7) is 0.300. The van der Waals surface area contributed by atoms with Crippen LogP contribution in [0.2, 0.25) is 0 Å². The molecule has 2 fully saturated rings. The first kappa shape index (κ1) is 41.7. The van der Waals surface area contributed by atoms with Crippen LogP contribution in [0.15, 0.2) is 77.8 Å². The molecular weight excluding hydrogens is 765 g/mol. The molecule has 0 aliphatic carbocycles. The molecule has 1 unspecified atom stereocenters. The zero-order valence-corrected chi connectivity index (χ0v) is 31.7. The average Bonchev–Trinajstić information content (AvgIpc) is 3.85. The number of non-ortho nitro benzene ring substituents is 2. The minimum atomic E-state index is -1.37. The summed E-state index contributed by atoms with van der Waals surface area (Å²) in [6.07, 6.45) is -0.384. The molecule has 20 heteroatoms. The van der Waals surface area contributed by atoms with Crippen LogP contribution < -0.4 is 21.5 Å². The van der Waals surface area contributed by atoms with E-state index in [1.54, 1.807) is 23.8 Å². The third-order valence-corrected chi connectivity index (χ3v) is 10.6. The lowest BCUT2D eigenvalue weighted by Gasteiger charge is -2.27. The van der Waals surface area contributed by atoms with E-state index in [9.17, 15) is 39.4 Å². The topological polar surface area (TPSA) is 265 Å². The van der Waals surface area contributed by atoms with Crippen LogP contribution in [0.1, 0.15) is 36.0 Å². The van der Waals surface area contributed by atoms with Crippen LogP contribution in [-0.2, 0) is 42.8 Å². The number of carbonyl (C=O) groups is 4. The van der Waals surface area contributed by atoms with E-state index < -0.39 is 58.3 Å². The van der Waals surface area contributed by atoms with Gasteiger partial charge in [-0.15, -0.1) is 0 Å². The second-order valence-electron chi connectivity index (χ2n) is 13.3. The number of ether oxygens (including phenoxy) is 3. The zero-order chi connectivity index (χ0) is 41.1. The Labute approximate surface area is 331 Å². The molecule has 2 heterocycles. The molecule has 3 amide bonds. The van der Waals surface area contributed by atoms with Gasteiger partial charge in [0.1, 0.15) is 25.0 Å². The van der Waals surface area contributed by atoms with Gasteiger partial charge in [-0.05, 0) is 65.9 Å². The summed E-state index contributed by atoms with van der Waals surface area (Å²) < 4.78 is 16.1. The maximum absolute atomic E-state index is 14.0. The highest BCUT2D eigenvalue weighted by molar-refractivity contribution is 7.99. The average molecular weight is 807 g/mol. The fourth-order valence-electron chi connectivity index (χ4n) is 6.31. The standard InChI is InChI=1S/C37H42N8O11S/c1-54-29-12-6-25(7-13-29)22-57-30-16-32(43(19-30)37(49)56-21-24-4-10-28(11-5-24)45(52)53)34(47)42-15-14-26(18-42)40-33(46)17-31(41-36(38)39)35(48)55-20-23-2-8-27(9-3-23)44(50)51/h2-13,26,30-32H,14-22H2,1H3,(H,40,46)(H4,38,39,41)/t26-,30-,31?,32-/m0/s1. The van der Waals surface area contributed by atoms with E-state index in [4.69, 9.17) is 25.7 Å². The Morgan fingerprint density at radius 1 is 0.877 bits per heavy atom. The molecule has 5 N–H and O–H groups in total. The highest BCUT2D eigenvalue weighted by atomic mass is 32.2. The van der Waals surface area contributed by atoms with E-state index in [0.717, 1.165) is 11.3 Å². The van der Waals surface area contributed by atoms with Crippen molar-refractivity contribution < 1.29 is 43.2 Å². The van der Waals surface area contributed by atoms with Gasteiger partial charge in [0.25, 0.3) is 11.4 Å². The number of hydrogen-bond donors (Lipinski definition) is 3. The number of esters is 1. The Balaban J connectivity index is 1.18. The summed E-state index contributed by atoms with van der Waals surface area (Å²) >= 11 is 1.61. The van der Waals surface area contributed by atoms with Gasteiger partial charge < -0.3 is 35.9 Å². The first-order valence-corrected chi connectivity index (χ1v) is 18.8. The second kappa shape index (κ2) is 19.4. The number of methoxy groups -OCH3 is 1. The molecule has 19 nitrogen and oxygen atoms in total. The van der Waals surface area contributed by atoms with Gasteiger partial charge in [0.2, 0.25) is 11.8 Å². The van der Waals surface area contributed by atoms with E-state index in [-0.39, 0.29) is 48.8 Å². The number of hydrogen-bond acceptors (Lipinski definition) is 13. The number of benzene rings is 3. The summed E-state index contributed by atoms with van der Waals surface area (Å²) in [5.74, 6) is -0.842. The molecule has 2 saturated heterocycles. The third-order valence-electron chi connectivity index (χ3n) is 9.29. The summed E-state index contributed by atoms with van der Waals surface area (Å²) in [6, 6.07) is 15.9. The number of thioether (sulfide) groups is 1. The Hall–Kier alpha value is -6.44. The number of nitro groups is 2. The van der Waals surface area contributed by atoms with Gasteiger partial charge in [0.05, 0.1) is 23.4 Å². The molecule has 3 aromatic rings. The molecule has 5 rings (SSSR count). The number of nitrogens with zero attached hydrogens (tertiary/aromatic N) is 5. The van der Waals surface area contributed by atoms with Crippen molar-refractivity contribution in [1.29, 1.82) is 0 Å². The number of guanidine groups is 1. The summed E-state index contributed by atoms with van der Waals surface area (Å²) in [4.78, 5) is 81.2. The van der Waals surface area contributed by atoms with Gasteiger partial charge in [0, 0.05) is 60.9 Å². The van der Waals surface area contributed by atoms with Crippen molar-refractivity contribution in [2.24, 2.45) is 16.5 Å². The summed E-state index contributed by atoms with van der Waals surface area (Å²) in [5, 5.41) is 24.7. The molecule has 0 aromatic heterocycles. The minimum absolute atomic E-state index is 0.0972. The number of nitrogens with two attached hydrogens (primary N) is 2. The number of amides is 3. The molecule has 302 valence electrons. The van der Waals surface area contributed by atoms with Crippen molar-refractivity contribution in [3.63, 3.8) is 0 Å². The van der Waals surface area contributed by atoms with Crippen molar-refractivity contribution in [3.05, 3.63) is 110 Å². The maximum Gasteiger partial charge on any atom is 0.410 e. The van der Waals surface area contributed by atoms with E-state index in [0.29, 0.717) is 36.3 Å². The number of rotatable bonds is 16. The van der Waals surface area contributed by atoms with Crippen molar-refractivity contribution in [1.82, 2.24) is 15.1 Å². The molecular formula is C37H42N8O11S. The molecule has 3 aromatic carbocycles. The van der Waals surface area contributed by atoms with Crippen LogP contribution in [0, 0.1) is 20.2 Å². The predicted molar refractivity (Wildman–Crippen MR) is 207 cm³/mol. The number of carbonyl (C=O) groups excluding carboxylic acids is 4. The smallest absolute Gasteiger partial charge is 0.410 e. The molecule has 4 atom stereocenters. The minimum Gasteiger partial charge on any atom is -0.497 e. The highest BCUT2D eigenvalue weighted by Crippen LogP contribution is 2.33. The largest absolute Gasteiger partial charge is 0.497 e. The predicted octanol–water partition coefficient (Wildman–Crippen LogP) is 3.02. The molecule has 0 radical (unpaired) electrons. The first-order chi connectivity index (χ1) is 27.3. The van der Waals surface area contributed by atoms with Crippen LogP contribution in [-0.4, -0.2) is 99.6 Å². The zero-order valence-electron chi connectivity index (χ0n) is 30.9. The van der Waals surface area contributed by atoms with Crippen molar-refractivity contribution in [2.75, 3.05) is 26.7 Å². The maximum atomic E-state index is 14.0. The van der Waals surface area contributed by atoms with Crippen LogP contribution in [0.25, 0.3) is 0 Å². The van der Waals surface area contributed by atoms with E-state index >= 15 is 0 Å². The lowest BCUT2D eigenvalue weighted by Crippen LogP contribution is -2.48. The SMILES string of the molecule is COc1ccc(CS[C@H]2C[C@@H](C(=O)N3CC[C@H](NC(=O)CC(N=C(N)N)C(=O)OCc4ccc([N+](=O)[O-])cc4)C3)N(C(=O)OCc3ccc([N+](=O)[O-])cc3)C2)cc1. The van der Waals surface area contributed by atoms with Gasteiger partial charge in [-0.25, -0.2) is 14.6 Å². The van der Waals surface area contributed by atoms with Crippen LogP contribution in [0.3, 0.4) is 0 Å². The van der Waals surface area contributed by atoms with Crippen molar-refractivity contribution in [2.45, 2.75) is 61.6 Å². The van der Waals surface area contributed by atoms with Gasteiger partial charge in [-0.1, -0.05) is 12.1 Å². The van der Waals surface area contributed by atoms with Crippen LogP contribution in [0.5, 0.6) is 5.75 Å². The van der Waals surface area contributed by atoms with Crippen LogP contribution in [0.4, 0.5) is 16.2 Å². The first-order valence-electron chi connectivity index (χ1n) is 17.8. The summed E-state index contributed by atoms with van der Waals surface area (Å²) in [7, 11) is 1.59. The van der Waals surface area contributed by atoms with Gasteiger partial charge >= 0.3 is 12.1 Å². The normalized spacial score (nSPS) is 17.9. The Morgan fingerprint density at radius 3 is 2.02 bits per heavy atom. The number of likely N-dealkylation sites (tertiary alicyclic amines) is 2. The fraction of sp³-hybridized carbons (Fsp3) is 0.378. The van der Waals surface area contributed by atoms with Gasteiger partial charge in [0.15, 0.2) is 12.0 Å².